The van der Waals surface area contributed by atoms with Crippen molar-refractivity contribution in [2.24, 2.45) is 11.8 Å². The van der Waals surface area contributed by atoms with Crippen LogP contribution in [-0.2, 0) is 17.9 Å². The van der Waals surface area contributed by atoms with E-state index in [0.717, 1.165) is 38.1 Å². The minimum absolute atomic E-state index is 0.718. The van der Waals surface area contributed by atoms with Crippen LogP contribution in [0.1, 0.15) is 42.9 Å². The van der Waals surface area contributed by atoms with E-state index in [1.54, 1.807) is 0 Å². The van der Waals surface area contributed by atoms with Crippen LogP contribution in [0.2, 0.25) is 0 Å². The van der Waals surface area contributed by atoms with Crippen LogP contribution in [0.5, 0.6) is 0 Å². The summed E-state index contributed by atoms with van der Waals surface area (Å²) in [7, 11) is 0. The van der Waals surface area contributed by atoms with Crippen molar-refractivity contribution < 1.29 is 4.74 Å². The SMILES string of the molecule is CC(C)CNCc1ccc(COCCC2CC2)s1. The molecular formula is C15H25NOS. The fraction of sp³-hybridized carbons (Fsp3) is 0.733. The molecule has 0 spiro atoms. The van der Waals surface area contributed by atoms with E-state index < -0.39 is 0 Å². The Labute approximate surface area is 115 Å². The Bertz CT molecular complexity index is 344. The van der Waals surface area contributed by atoms with Crippen LogP contribution in [0.3, 0.4) is 0 Å². The van der Waals surface area contributed by atoms with Crippen LogP contribution in [0.4, 0.5) is 0 Å². The van der Waals surface area contributed by atoms with Gasteiger partial charge < -0.3 is 10.1 Å². The topological polar surface area (TPSA) is 21.3 Å². The second-order valence-electron chi connectivity index (χ2n) is 5.68. The van der Waals surface area contributed by atoms with Crippen molar-refractivity contribution in [1.29, 1.82) is 0 Å². The molecule has 1 fully saturated rings. The van der Waals surface area contributed by atoms with Gasteiger partial charge in [0.2, 0.25) is 0 Å². The van der Waals surface area contributed by atoms with Gasteiger partial charge in [0, 0.05) is 22.9 Å². The maximum atomic E-state index is 5.72. The summed E-state index contributed by atoms with van der Waals surface area (Å²) < 4.78 is 5.72. The number of thiophene rings is 1. The Morgan fingerprint density at radius 2 is 2.11 bits per heavy atom. The van der Waals surface area contributed by atoms with Gasteiger partial charge in [0.1, 0.15) is 0 Å². The molecule has 0 aliphatic heterocycles. The van der Waals surface area contributed by atoms with Crippen molar-refractivity contribution in [2.45, 2.75) is 46.3 Å². The molecule has 0 unspecified atom stereocenters. The molecule has 1 aromatic rings. The third-order valence-corrected chi connectivity index (χ3v) is 4.24. The zero-order chi connectivity index (χ0) is 12.8. The molecule has 2 rings (SSSR count). The standard InChI is InChI=1S/C15H25NOS/c1-12(2)9-16-10-14-5-6-15(18-14)11-17-8-7-13-3-4-13/h5-6,12-13,16H,3-4,7-11H2,1-2H3. The van der Waals surface area contributed by atoms with Crippen LogP contribution in [0, 0.1) is 11.8 Å². The molecule has 1 aromatic heterocycles. The lowest BCUT2D eigenvalue weighted by atomic mass is 10.2. The third-order valence-electron chi connectivity index (χ3n) is 3.18. The molecule has 1 saturated carbocycles. The molecule has 0 aromatic carbocycles. The van der Waals surface area contributed by atoms with Gasteiger partial charge in [-0.25, -0.2) is 0 Å². The third kappa shape index (κ3) is 5.51. The van der Waals surface area contributed by atoms with Crippen molar-refractivity contribution in [1.82, 2.24) is 5.32 Å². The zero-order valence-electron chi connectivity index (χ0n) is 11.6. The fourth-order valence-electron chi connectivity index (χ4n) is 1.91. The molecule has 0 atom stereocenters. The predicted molar refractivity (Wildman–Crippen MR) is 77.9 cm³/mol. The first-order chi connectivity index (χ1) is 8.74. The van der Waals surface area contributed by atoms with Gasteiger partial charge in [-0.2, -0.15) is 0 Å². The second-order valence-corrected chi connectivity index (χ2v) is 6.93. The maximum Gasteiger partial charge on any atom is 0.0809 e. The highest BCUT2D eigenvalue weighted by Gasteiger charge is 2.20. The van der Waals surface area contributed by atoms with E-state index >= 15 is 0 Å². The Balaban J connectivity index is 1.59. The highest BCUT2D eigenvalue weighted by Crippen LogP contribution is 2.32. The first kappa shape index (κ1) is 14.0. The van der Waals surface area contributed by atoms with E-state index in [-0.39, 0.29) is 0 Å². The van der Waals surface area contributed by atoms with Gasteiger partial charge in [-0.05, 0) is 36.9 Å². The van der Waals surface area contributed by atoms with E-state index in [9.17, 15) is 0 Å². The highest BCUT2D eigenvalue weighted by atomic mass is 32.1. The summed E-state index contributed by atoms with van der Waals surface area (Å²) in [4.78, 5) is 2.77. The highest BCUT2D eigenvalue weighted by molar-refractivity contribution is 7.11. The van der Waals surface area contributed by atoms with Gasteiger partial charge in [0.15, 0.2) is 0 Å². The van der Waals surface area contributed by atoms with Crippen molar-refractivity contribution >= 4 is 11.3 Å². The molecule has 102 valence electrons. The van der Waals surface area contributed by atoms with Gasteiger partial charge in [-0.3, -0.25) is 0 Å². The van der Waals surface area contributed by atoms with E-state index in [0.29, 0.717) is 0 Å². The van der Waals surface area contributed by atoms with Crippen LogP contribution in [0.15, 0.2) is 12.1 Å². The average molecular weight is 267 g/mol. The minimum Gasteiger partial charge on any atom is -0.376 e. The number of nitrogens with one attached hydrogen (secondary N) is 1. The summed E-state index contributed by atoms with van der Waals surface area (Å²) in [6, 6.07) is 4.42. The van der Waals surface area contributed by atoms with E-state index in [1.165, 1.54) is 29.0 Å². The summed E-state index contributed by atoms with van der Waals surface area (Å²) in [6.07, 6.45) is 4.11. The minimum atomic E-state index is 0.718. The van der Waals surface area contributed by atoms with Crippen molar-refractivity contribution in [3.05, 3.63) is 21.9 Å². The molecule has 18 heavy (non-hydrogen) atoms. The second kappa shape index (κ2) is 7.27. The Morgan fingerprint density at radius 3 is 2.83 bits per heavy atom. The zero-order valence-corrected chi connectivity index (χ0v) is 12.4. The monoisotopic (exact) mass is 267 g/mol. The van der Waals surface area contributed by atoms with Crippen LogP contribution >= 0.6 is 11.3 Å². The first-order valence-electron chi connectivity index (χ1n) is 7.10. The Hall–Kier alpha value is -0.380. The lowest BCUT2D eigenvalue weighted by molar-refractivity contribution is 0.117. The maximum absolute atomic E-state index is 5.72. The Morgan fingerprint density at radius 1 is 1.33 bits per heavy atom. The lowest BCUT2D eigenvalue weighted by Gasteiger charge is -2.05. The molecule has 0 amide bonds. The van der Waals surface area contributed by atoms with Crippen molar-refractivity contribution in [3.63, 3.8) is 0 Å². The number of hydrogen-bond donors (Lipinski definition) is 1. The first-order valence-corrected chi connectivity index (χ1v) is 7.91. The average Bonchev–Trinajstić information content (AvgIpc) is 3.04. The quantitative estimate of drug-likeness (QED) is 0.687. The largest absolute Gasteiger partial charge is 0.376 e. The summed E-state index contributed by atoms with van der Waals surface area (Å²) in [5.41, 5.74) is 0. The molecule has 1 aliphatic rings. The summed E-state index contributed by atoms with van der Waals surface area (Å²) >= 11 is 1.87. The van der Waals surface area contributed by atoms with Gasteiger partial charge in [-0.1, -0.05) is 26.7 Å². The molecule has 1 heterocycles. The number of ether oxygens (including phenoxy) is 1. The van der Waals surface area contributed by atoms with Gasteiger partial charge >= 0.3 is 0 Å². The number of rotatable bonds is 9. The van der Waals surface area contributed by atoms with Crippen LogP contribution < -0.4 is 5.32 Å². The predicted octanol–water partition coefficient (Wildman–Crippen LogP) is 3.81. The summed E-state index contributed by atoms with van der Waals surface area (Å²) in [5, 5.41) is 3.47. The molecule has 3 heteroatoms. The summed E-state index contributed by atoms with van der Waals surface area (Å²) in [6.45, 7) is 8.28. The van der Waals surface area contributed by atoms with Crippen molar-refractivity contribution in [2.75, 3.05) is 13.2 Å². The molecule has 1 aliphatic carbocycles. The van der Waals surface area contributed by atoms with Gasteiger partial charge in [-0.15, -0.1) is 11.3 Å². The van der Waals surface area contributed by atoms with E-state index in [4.69, 9.17) is 4.74 Å². The van der Waals surface area contributed by atoms with E-state index in [1.807, 2.05) is 11.3 Å². The lowest BCUT2D eigenvalue weighted by Crippen LogP contribution is -2.18. The summed E-state index contributed by atoms with van der Waals surface area (Å²) in [5.74, 6) is 1.69. The fourth-order valence-corrected chi connectivity index (χ4v) is 2.83. The molecule has 0 saturated heterocycles. The van der Waals surface area contributed by atoms with E-state index in [2.05, 4.69) is 31.3 Å². The molecular weight excluding hydrogens is 242 g/mol. The molecule has 1 N–H and O–H groups in total. The van der Waals surface area contributed by atoms with Gasteiger partial charge in [0.05, 0.1) is 6.61 Å². The number of hydrogen-bond acceptors (Lipinski definition) is 3. The Kier molecular flexibility index (Phi) is 5.67. The van der Waals surface area contributed by atoms with Gasteiger partial charge in [0.25, 0.3) is 0 Å². The molecule has 2 nitrogen and oxygen atoms in total. The smallest absolute Gasteiger partial charge is 0.0809 e. The van der Waals surface area contributed by atoms with Crippen LogP contribution in [-0.4, -0.2) is 13.2 Å². The normalized spacial score (nSPS) is 15.5. The molecule has 0 radical (unpaired) electrons. The van der Waals surface area contributed by atoms with Crippen molar-refractivity contribution in [3.8, 4) is 0 Å². The molecule has 0 bridgehead atoms. The van der Waals surface area contributed by atoms with Crippen LogP contribution in [0.25, 0.3) is 0 Å².